The molecule has 0 atom stereocenters. The summed E-state index contributed by atoms with van der Waals surface area (Å²) in [6.07, 6.45) is 0.256. The van der Waals surface area contributed by atoms with Crippen LogP contribution in [0.15, 0.2) is 42.5 Å². The minimum absolute atomic E-state index is 0.124. The van der Waals surface area contributed by atoms with Crippen LogP contribution in [0.1, 0.15) is 12.5 Å². The SMILES string of the molecule is COc1ccc(CC(=O)NCCN(C(C)=O)c2ccc(Cl)cc2Cl)cc1. The molecule has 0 aromatic heterocycles. The number of ether oxygens (including phenoxy) is 1. The van der Waals surface area contributed by atoms with Crippen molar-refractivity contribution in [3.63, 3.8) is 0 Å². The van der Waals surface area contributed by atoms with Crippen molar-refractivity contribution in [3.05, 3.63) is 58.1 Å². The molecule has 0 aliphatic heterocycles. The molecule has 7 heteroatoms. The Hall–Kier alpha value is -2.24. The van der Waals surface area contributed by atoms with Gasteiger partial charge in [0.05, 0.1) is 24.2 Å². The number of nitrogens with one attached hydrogen (secondary N) is 1. The second-order valence-corrected chi connectivity index (χ2v) is 6.48. The number of benzene rings is 2. The number of hydrogen-bond acceptors (Lipinski definition) is 3. The van der Waals surface area contributed by atoms with Gasteiger partial charge in [0.2, 0.25) is 11.8 Å². The van der Waals surface area contributed by atoms with Crippen molar-refractivity contribution in [1.29, 1.82) is 0 Å². The zero-order chi connectivity index (χ0) is 19.1. The number of carbonyl (C=O) groups excluding carboxylic acids is 2. The Kier molecular flexibility index (Phi) is 7.30. The van der Waals surface area contributed by atoms with Crippen molar-refractivity contribution >= 4 is 40.7 Å². The highest BCUT2D eigenvalue weighted by atomic mass is 35.5. The van der Waals surface area contributed by atoms with Gasteiger partial charge in [-0.3, -0.25) is 9.59 Å². The average molecular weight is 395 g/mol. The summed E-state index contributed by atoms with van der Waals surface area (Å²) in [5, 5.41) is 3.69. The molecule has 26 heavy (non-hydrogen) atoms. The van der Waals surface area contributed by atoms with Crippen LogP contribution in [0.2, 0.25) is 10.0 Å². The van der Waals surface area contributed by atoms with Gasteiger partial charge in [-0.25, -0.2) is 0 Å². The largest absolute Gasteiger partial charge is 0.497 e. The summed E-state index contributed by atoms with van der Waals surface area (Å²) < 4.78 is 5.09. The molecule has 0 saturated carbocycles. The summed E-state index contributed by atoms with van der Waals surface area (Å²) in [4.78, 5) is 25.5. The van der Waals surface area contributed by atoms with Gasteiger partial charge in [-0.15, -0.1) is 0 Å². The fraction of sp³-hybridized carbons (Fsp3) is 0.263. The average Bonchev–Trinajstić information content (AvgIpc) is 2.60. The standard InChI is InChI=1S/C19H20Cl2N2O3/c1-13(24)23(18-8-5-15(20)12-17(18)21)10-9-22-19(25)11-14-3-6-16(26-2)7-4-14/h3-8,12H,9-11H2,1-2H3,(H,22,25). The molecule has 1 N–H and O–H groups in total. The summed E-state index contributed by atoms with van der Waals surface area (Å²) in [7, 11) is 1.59. The molecule has 2 aromatic carbocycles. The van der Waals surface area contributed by atoms with Crippen LogP contribution in [0.5, 0.6) is 5.75 Å². The maximum absolute atomic E-state index is 12.1. The summed E-state index contributed by atoms with van der Waals surface area (Å²) in [6, 6.07) is 12.2. The molecule has 138 valence electrons. The molecule has 0 unspecified atom stereocenters. The lowest BCUT2D eigenvalue weighted by Gasteiger charge is -2.22. The van der Waals surface area contributed by atoms with Crippen molar-refractivity contribution in [2.45, 2.75) is 13.3 Å². The van der Waals surface area contributed by atoms with Crippen molar-refractivity contribution in [2.75, 3.05) is 25.1 Å². The van der Waals surface area contributed by atoms with Crippen LogP contribution in [0, 0.1) is 0 Å². The van der Waals surface area contributed by atoms with Gasteiger partial charge in [-0.2, -0.15) is 0 Å². The van der Waals surface area contributed by atoms with Crippen LogP contribution in [0.4, 0.5) is 5.69 Å². The molecular formula is C19H20Cl2N2O3. The Morgan fingerprint density at radius 3 is 2.38 bits per heavy atom. The van der Waals surface area contributed by atoms with Gasteiger partial charge >= 0.3 is 0 Å². The third-order valence-electron chi connectivity index (χ3n) is 3.76. The summed E-state index contributed by atoms with van der Waals surface area (Å²) >= 11 is 12.1. The minimum atomic E-state index is -0.168. The maximum Gasteiger partial charge on any atom is 0.224 e. The van der Waals surface area contributed by atoms with E-state index in [1.807, 2.05) is 24.3 Å². The lowest BCUT2D eigenvalue weighted by atomic mass is 10.1. The van der Waals surface area contributed by atoms with Gasteiger partial charge < -0.3 is 15.0 Å². The van der Waals surface area contributed by atoms with E-state index in [0.29, 0.717) is 28.8 Å². The van der Waals surface area contributed by atoms with E-state index in [1.54, 1.807) is 25.3 Å². The van der Waals surface area contributed by atoms with E-state index >= 15 is 0 Å². The fourth-order valence-electron chi connectivity index (χ4n) is 2.45. The molecule has 2 rings (SSSR count). The van der Waals surface area contributed by atoms with Gasteiger partial charge in [0, 0.05) is 25.0 Å². The molecule has 0 bridgehead atoms. The van der Waals surface area contributed by atoms with E-state index in [1.165, 1.54) is 11.8 Å². The van der Waals surface area contributed by atoms with Crippen LogP contribution in [0.3, 0.4) is 0 Å². The van der Waals surface area contributed by atoms with Crippen LogP contribution in [-0.4, -0.2) is 32.0 Å². The first kappa shape index (κ1) is 20.1. The molecule has 2 amide bonds. The Labute approximate surface area is 162 Å². The van der Waals surface area contributed by atoms with Gasteiger partial charge in [0.15, 0.2) is 0 Å². The highest BCUT2D eigenvalue weighted by Crippen LogP contribution is 2.28. The molecule has 0 fully saturated rings. The Morgan fingerprint density at radius 2 is 1.81 bits per heavy atom. The molecule has 0 aliphatic rings. The second kappa shape index (κ2) is 9.46. The second-order valence-electron chi connectivity index (χ2n) is 5.64. The number of amides is 2. The summed E-state index contributed by atoms with van der Waals surface area (Å²) in [5.41, 5.74) is 1.44. The molecule has 0 heterocycles. The van der Waals surface area contributed by atoms with E-state index < -0.39 is 0 Å². The van der Waals surface area contributed by atoms with Gasteiger partial charge in [0.1, 0.15) is 5.75 Å². The monoisotopic (exact) mass is 394 g/mol. The molecule has 0 aliphatic carbocycles. The van der Waals surface area contributed by atoms with Gasteiger partial charge in [-0.05, 0) is 35.9 Å². The van der Waals surface area contributed by atoms with Gasteiger partial charge in [0.25, 0.3) is 0 Å². The highest BCUT2D eigenvalue weighted by Gasteiger charge is 2.15. The Balaban J connectivity index is 1.90. The maximum atomic E-state index is 12.1. The van der Waals surface area contributed by atoms with Gasteiger partial charge in [-0.1, -0.05) is 35.3 Å². The summed E-state index contributed by atoms with van der Waals surface area (Å²) in [5.74, 6) is 0.450. The zero-order valence-electron chi connectivity index (χ0n) is 14.6. The lowest BCUT2D eigenvalue weighted by Crippen LogP contribution is -2.38. The number of methoxy groups -OCH3 is 1. The van der Waals surface area contributed by atoms with Crippen molar-refractivity contribution in [3.8, 4) is 5.75 Å². The van der Waals surface area contributed by atoms with E-state index in [0.717, 1.165) is 11.3 Å². The first-order valence-corrected chi connectivity index (χ1v) is 8.79. The van der Waals surface area contributed by atoms with Crippen LogP contribution >= 0.6 is 23.2 Å². The Bertz CT molecular complexity index is 779. The smallest absolute Gasteiger partial charge is 0.224 e. The third kappa shape index (κ3) is 5.64. The molecule has 0 saturated heterocycles. The first-order chi connectivity index (χ1) is 12.4. The van der Waals surface area contributed by atoms with Crippen LogP contribution in [-0.2, 0) is 16.0 Å². The van der Waals surface area contributed by atoms with Crippen LogP contribution < -0.4 is 15.0 Å². The molecule has 0 spiro atoms. The normalized spacial score (nSPS) is 10.3. The number of carbonyl (C=O) groups is 2. The summed E-state index contributed by atoms with van der Waals surface area (Å²) in [6.45, 7) is 2.07. The number of halogens is 2. The molecule has 2 aromatic rings. The topological polar surface area (TPSA) is 58.6 Å². The van der Waals surface area contributed by atoms with Crippen molar-refractivity contribution in [2.24, 2.45) is 0 Å². The third-order valence-corrected chi connectivity index (χ3v) is 4.30. The lowest BCUT2D eigenvalue weighted by molar-refractivity contribution is -0.121. The van der Waals surface area contributed by atoms with E-state index in [2.05, 4.69) is 5.32 Å². The van der Waals surface area contributed by atoms with Crippen molar-refractivity contribution < 1.29 is 14.3 Å². The molecule has 0 radical (unpaired) electrons. The number of nitrogens with zero attached hydrogens (tertiary/aromatic N) is 1. The van der Waals surface area contributed by atoms with Crippen LogP contribution in [0.25, 0.3) is 0 Å². The van der Waals surface area contributed by atoms with E-state index in [9.17, 15) is 9.59 Å². The fourth-order valence-corrected chi connectivity index (χ4v) is 2.96. The highest BCUT2D eigenvalue weighted by molar-refractivity contribution is 6.36. The first-order valence-electron chi connectivity index (χ1n) is 8.03. The minimum Gasteiger partial charge on any atom is -0.497 e. The predicted molar refractivity (Wildman–Crippen MR) is 104 cm³/mol. The molecule has 5 nitrogen and oxygen atoms in total. The quantitative estimate of drug-likeness (QED) is 0.778. The van der Waals surface area contributed by atoms with Crippen molar-refractivity contribution in [1.82, 2.24) is 5.32 Å². The Morgan fingerprint density at radius 1 is 1.12 bits per heavy atom. The molecular weight excluding hydrogens is 375 g/mol. The predicted octanol–water partition coefficient (Wildman–Crippen LogP) is 3.71. The zero-order valence-corrected chi connectivity index (χ0v) is 16.1. The van der Waals surface area contributed by atoms with E-state index in [4.69, 9.17) is 27.9 Å². The number of rotatable bonds is 7. The number of anilines is 1. The van der Waals surface area contributed by atoms with E-state index in [-0.39, 0.29) is 18.2 Å². The number of hydrogen-bond donors (Lipinski definition) is 1.